The maximum atomic E-state index is 11.2. The number of carbonyl (C=O) groups excluding carboxylic acids is 1. The highest BCUT2D eigenvalue weighted by molar-refractivity contribution is 5.75. The molecular formula is C17H18N2O2. The molecule has 0 aliphatic carbocycles. The lowest BCUT2D eigenvalue weighted by Crippen LogP contribution is -2.27. The minimum atomic E-state index is -0.0229. The average Bonchev–Trinajstić information content (AvgIpc) is 2.88. The van der Waals surface area contributed by atoms with E-state index in [4.69, 9.17) is 4.74 Å². The number of ether oxygens (including phenoxy) is 1. The van der Waals surface area contributed by atoms with E-state index in [9.17, 15) is 4.79 Å². The van der Waals surface area contributed by atoms with Gasteiger partial charge in [-0.1, -0.05) is 30.3 Å². The van der Waals surface area contributed by atoms with Crippen LogP contribution in [-0.2, 0) is 11.4 Å². The third-order valence-electron chi connectivity index (χ3n) is 3.52. The number of benzene rings is 2. The fourth-order valence-electron chi connectivity index (χ4n) is 2.52. The van der Waals surface area contributed by atoms with E-state index >= 15 is 0 Å². The van der Waals surface area contributed by atoms with Crippen molar-refractivity contribution in [2.75, 3.05) is 11.9 Å². The van der Waals surface area contributed by atoms with E-state index in [0.29, 0.717) is 6.61 Å². The van der Waals surface area contributed by atoms with Gasteiger partial charge in [-0.15, -0.1) is 0 Å². The first-order valence-corrected chi connectivity index (χ1v) is 7.04. The summed E-state index contributed by atoms with van der Waals surface area (Å²) in [5.41, 5.74) is 3.27. The molecule has 0 saturated carbocycles. The largest absolute Gasteiger partial charge is 0.489 e. The molecule has 1 aliphatic rings. The summed E-state index contributed by atoms with van der Waals surface area (Å²) < 4.78 is 5.83. The number of hydrogen-bond donors (Lipinski definition) is 2. The molecule has 21 heavy (non-hydrogen) atoms. The lowest BCUT2D eigenvalue weighted by atomic mass is 10.1. The van der Waals surface area contributed by atoms with E-state index < -0.39 is 0 Å². The van der Waals surface area contributed by atoms with Crippen molar-refractivity contribution in [1.29, 1.82) is 0 Å². The highest BCUT2D eigenvalue weighted by Gasteiger charge is 2.23. The van der Waals surface area contributed by atoms with Gasteiger partial charge in [0.2, 0.25) is 5.91 Å². The monoisotopic (exact) mass is 282 g/mol. The zero-order valence-corrected chi connectivity index (χ0v) is 11.9. The SMILES string of the molecule is CC(=O)NC1CNc2ccc(OCc3ccccc3)cc21. The zero-order chi connectivity index (χ0) is 14.7. The third-order valence-corrected chi connectivity index (χ3v) is 3.52. The summed E-state index contributed by atoms with van der Waals surface area (Å²) in [7, 11) is 0. The Hall–Kier alpha value is -2.49. The molecule has 0 saturated heterocycles. The number of rotatable bonds is 4. The molecule has 3 rings (SSSR count). The van der Waals surface area contributed by atoms with Gasteiger partial charge in [0, 0.05) is 24.7 Å². The highest BCUT2D eigenvalue weighted by atomic mass is 16.5. The molecule has 0 bridgehead atoms. The van der Waals surface area contributed by atoms with Gasteiger partial charge in [0.1, 0.15) is 12.4 Å². The smallest absolute Gasteiger partial charge is 0.217 e. The van der Waals surface area contributed by atoms with Crippen LogP contribution in [0.3, 0.4) is 0 Å². The maximum absolute atomic E-state index is 11.2. The second kappa shape index (κ2) is 5.87. The second-order valence-electron chi connectivity index (χ2n) is 5.16. The average molecular weight is 282 g/mol. The first-order valence-electron chi connectivity index (χ1n) is 7.04. The minimum Gasteiger partial charge on any atom is -0.489 e. The van der Waals surface area contributed by atoms with E-state index in [1.807, 2.05) is 48.5 Å². The summed E-state index contributed by atoms with van der Waals surface area (Å²) in [6.07, 6.45) is 0. The van der Waals surface area contributed by atoms with Crippen LogP contribution in [0.25, 0.3) is 0 Å². The van der Waals surface area contributed by atoms with Crippen LogP contribution in [0.15, 0.2) is 48.5 Å². The van der Waals surface area contributed by atoms with E-state index in [1.165, 1.54) is 6.92 Å². The molecule has 4 nitrogen and oxygen atoms in total. The molecule has 0 spiro atoms. The Labute approximate surface area is 124 Å². The van der Waals surface area contributed by atoms with E-state index in [0.717, 1.165) is 29.1 Å². The Morgan fingerprint density at radius 2 is 2.10 bits per heavy atom. The number of amides is 1. The first-order chi connectivity index (χ1) is 10.2. The van der Waals surface area contributed by atoms with Crippen LogP contribution in [0.2, 0.25) is 0 Å². The van der Waals surface area contributed by atoms with Crippen LogP contribution >= 0.6 is 0 Å². The van der Waals surface area contributed by atoms with Gasteiger partial charge in [-0.3, -0.25) is 4.79 Å². The minimum absolute atomic E-state index is 0.0118. The molecule has 1 heterocycles. The molecule has 0 fully saturated rings. The predicted octanol–water partition coefficient (Wildman–Crippen LogP) is 2.87. The zero-order valence-electron chi connectivity index (χ0n) is 11.9. The Morgan fingerprint density at radius 3 is 2.86 bits per heavy atom. The summed E-state index contributed by atoms with van der Waals surface area (Å²) >= 11 is 0. The summed E-state index contributed by atoms with van der Waals surface area (Å²) in [4.78, 5) is 11.2. The van der Waals surface area contributed by atoms with Gasteiger partial charge in [0.25, 0.3) is 0 Å². The fraction of sp³-hybridized carbons (Fsp3) is 0.235. The van der Waals surface area contributed by atoms with Gasteiger partial charge >= 0.3 is 0 Å². The normalized spacial score (nSPS) is 16.0. The molecule has 1 atom stereocenters. The Balaban J connectivity index is 1.72. The van der Waals surface area contributed by atoms with E-state index in [-0.39, 0.29) is 11.9 Å². The van der Waals surface area contributed by atoms with Crippen LogP contribution in [0.5, 0.6) is 5.75 Å². The van der Waals surface area contributed by atoms with E-state index in [2.05, 4.69) is 10.6 Å². The summed E-state index contributed by atoms with van der Waals surface area (Å²) in [5.74, 6) is 0.793. The Morgan fingerprint density at radius 1 is 1.29 bits per heavy atom. The molecule has 0 radical (unpaired) electrons. The number of carbonyl (C=O) groups is 1. The van der Waals surface area contributed by atoms with Crippen LogP contribution in [0, 0.1) is 0 Å². The molecular weight excluding hydrogens is 264 g/mol. The molecule has 108 valence electrons. The van der Waals surface area contributed by atoms with Gasteiger partial charge in [-0.05, 0) is 23.8 Å². The van der Waals surface area contributed by atoms with Crippen molar-refractivity contribution in [3.63, 3.8) is 0 Å². The molecule has 1 aliphatic heterocycles. The van der Waals surface area contributed by atoms with Gasteiger partial charge in [0.05, 0.1) is 6.04 Å². The van der Waals surface area contributed by atoms with Crippen LogP contribution < -0.4 is 15.4 Å². The van der Waals surface area contributed by atoms with Crippen LogP contribution in [0.1, 0.15) is 24.1 Å². The Bertz CT molecular complexity index is 640. The highest BCUT2D eigenvalue weighted by Crippen LogP contribution is 2.33. The van der Waals surface area contributed by atoms with Crippen molar-refractivity contribution in [3.05, 3.63) is 59.7 Å². The molecule has 1 unspecified atom stereocenters. The molecule has 4 heteroatoms. The topological polar surface area (TPSA) is 50.4 Å². The first kappa shape index (κ1) is 13.5. The van der Waals surface area contributed by atoms with Gasteiger partial charge in [-0.25, -0.2) is 0 Å². The number of hydrogen-bond acceptors (Lipinski definition) is 3. The standard InChI is InChI=1S/C17H18N2O2/c1-12(20)19-17-10-18-16-8-7-14(9-15(16)17)21-11-13-5-3-2-4-6-13/h2-9,17-18H,10-11H2,1H3,(H,19,20). The van der Waals surface area contributed by atoms with Crippen molar-refractivity contribution < 1.29 is 9.53 Å². The predicted molar refractivity (Wildman–Crippen MR) is 82.3 cm³/mol. The Kier molecular flexibility index (Phi) is 3.77. The maximum Gasteiger partial charge on any atom is 0.217 e. The summed E-state index contributed by atoms with van der Waals surface area (Å²) in [6.45, 7) is 2.79. The molecule has 1 amide bonds. The van der Waals surface area contributed by atoms with E-state index in [1.54, 1.807) is 0 Å². The molecule has 2 N–H and O–H groups in total. The van der Waals surface area contributed by atoms with Crippen molar-refractivity contribution in [2.24, 2.45) is 0 Å². The number of fused-ring (bicyclic) bond motifs is 1. The molecule has 2 aromatic rings. The lowest BCUT2D eigenvalue weighted by Gasteiger charge is -2.12. The number of nitrogens with one attached hydrogen (secondary N) is 2. The third kappa shape index (κ3) is 3.16. The quantitative estimate of drug-likeness (QED) is 0.906. The second-order valence-corrected chi connectivity index (χ2v) is 5.16. The van der Waals surface area contributed by atoms with Crippen molar-refractivity contribution in [1.82, 2.24) is 5.32 Å². The molecule has 0 aromatic heterocycles. The summed E-state index contributed by atoms with van der Waals surface area (Å²) in [5, 5.41) is 6.23. The summed E-state index contributed by atoms with van der Waals surface area (Å²) in [6, 6.07) is 16.0. The lowest BCUT2D eigenvalue weighted by molar-refractivity contribution is -0.119. The number of anilines is 1. The van der Waals surface area contributed by atoms with Crippen molar-refractivity contribution in [2.45, 2.75) is 19.6 Å². The van der Waals surface area contributed by atoms with Crippen LogP contribution in [-0.4, -0.2) is 12.5 Å². The fourth-order valence-corrected chi connectivity index (χ4v) is 2.52. The van der Waals surface area contributed by atoms with Crippen molar-refractivity contribution in [3.8, 4) is 5.75 Å². The van der Waals surface area contributed by atoms with Gasteiger partial charge in [-0.2, -0.15) is 0 Å². The van der Waals surface area contributed by atoms with Gasteiger partial charge < -0.3 is 15.4 Å². The van der Waals surface area contributed by atoms with Crippen molar-refractivity contribution >= 4 is 11.6 Å². The van der Waals surface area contributed by atoms with Gasteiger partial charge in [0.15, 0.2) is 0 Å². The van der Waals surface area contributed by atoms with Crippen LogP contribution in [0.4, 0.5) is 5.69 Å². The molecule has 2 aromatic carbocycles.